The lowest BCUT2D eigenvalue weighted by Gasteiger charge is -2.14. The second kappa shape index (κ2) is 7.34. The standard InChI is InChI=1S/C18H9ClF6N2OS/c19-12-4-2-1-3-11(12)14(28)15-13(27-16(26)29-15)8-5-9(17(20,21)22)7-10(6-8)18(23,24)25/h1-7H,(H2,26,27). The zero-order chi connectivity index (χ0) is 21.6. The molecule has 3 nitrogen and oxygen atoms in total. The van der Waals surface area contributed by atoms with Crippen molar-refractivity contribution in [3.05, 3.63) is 69.1 Å². The zero-order valence-corrected chi connectivity index (χ0v) is 15.6. The highest BCUT2D eigenvalue weighted by Gasteiger charge is 2.37. The van der Waals surface area contributed by atoms with Gasteiger partial charge in [0.15, 0.2) is 5.13 Å². The van der Waals surface area contributed by atoms with Crippen LogP contribution in [0, 0.1) is 0 Å². The molecule has 0 aliphatic rings. The maximum Gasteiger partial charge on any atom is 0.416 e. The Morgan fingerprint density at radius 2 is 1.52 bits per heavy atom. The molecule has 29 heavy (non-hydrogen) atoms. The van der Waals surface area contributed by atoms with Gasteiger partial charge >= 0.3 is 12.4 Å². The Bertz CT molecular complexity index is 1060. The number of thiazole rings is 1. The summed E-state index contributed by atoms with van der Waals surface area (Å²) in [5, 5.41) is -0.128. The number of nitrogens with zero attached hydrogens (tertiary/aromatic N) is 1. The van der Waals surface area contributed by atoms with Gasteiger partial charge in [-0.05, 0) is 30.3 Å². The Hall–Kier alpha value is -2.59. The van der Waals surface area contributed by atoms with Gasteiger partial charge < -0.3 is 5.73 Å². The van der Waals surface area contributed by atoms with Gasteiger partial charge in [0.05, 0.1) is 21.8 Å². The summed E-state index contributed by atoms with van der Waals surface area (Å²) in [6.45, 7) is 0. The summed E-state index contributed by atoms with van der Waals surface area (Å²) in [4.78, 5) is 16.4. The molecule has 3 rings (SSSR count). The fraction of sp³-hybridized carbons (Fsp3) is 0.111. The predicted molar refractivity (Wildman–Crippen MR) is 96.9 cm³/mol. The second-order valence-corrected chi connectivity index (χ2v) is 7.27. The summed E-state index contributed by atoms with van der Waals surface area (Å²) in [5.41, 5.74) is 1.65. The number of ketones is 1. The van der Waals surface area contributed by atoms with E-state index in [0.29, 0.717) is 23.5 Å². The third-order valence-corrected chi connectivity index (χ3v) is 5.04. The molecule has 0 spiro atoms. The maximum atomic E-state index is 13.1. The first-order chi connectivity index (χ1) is 13.4. The van der Waals surface area contributed by atoms with Crippen LogP contribution in [0.15, 0.2) is 42.5 Å². The molecule has 0 amide bonds. The van der Waals surface area contributed by atoms with Gasteiger partial charge in [0.2, 0.25) is 5.78 Å². The minimum atomic E-state index is -5.04. The number of aromatic nitrogens is 1. The van der Waals surface area contributed by atoms with Crippen molar-refractivity contribution in [3.8, 4) is 11.3 Å². The highest BCUT2D eigenvalue weighted by atomic mass is 35.5. The van der Waals surface area contributed by atoms with Crippen LogP contribution >= 0.6 is 22.9 Å². The number of anilines is 1. The van der Waals surface area contributed by atoms with E-state index in [2.05, 4.69) is 4.98 Å². The lowest BCUT2D eigenvalue weighted by molar-refractivity contribution is -0.143. The fourth-order valence-corrected chi connectivity index (χ4v) is 3.58. The van der Waals surface area contributed by atoms with Gasteiger partial charge in [-0.15, -0.1) is 0 Å². The number of nitrogens with two attached hydrogens (primary N) is 1. The lowest BCUT2D eigenvalue weighted by Crippen LogP contribution is -2.11. The minimum Gasteiger partial charge on any atom is -0.375 e. The van der Waals surface area contributed by atoms with Gasteiger partial charge in [-0.2, -0.15) is 26.3 Å². The van der Waals surface area contributed by atoms with E-state index in [1.165, 1.54) is 18.2 Å². The molecule has 11 heteroatoms. The normalized spacial score (nSPS) is 12.2. The number of benzene rings is 2. The predicted octanol–water partition coefficient (Wildman–Crippen LogP) is 6.31. The van der Waals surface area contributed by atoms with Crippen LogP contribution in [0.25, 0.3) is 11.3 Å². The van der Waals surface area contributed by atoms with Gasteiger partial charge in [-0.3, -0.25) is 4.79 Å². The quantitative estimate of drug-likeness (QED) is 0.375. The molecule has 0 saturated heterocycles. The first-order valence-corrected chi connectivity index (χ1v) is 8.92. The summed E-state index contributed by atoms with van der Waals surface area (Å²) in [5.74, 6) is -0.717. The van der Waals surface area contributed by atoms with E-state index in [-0.39, 0.29) is 32.4 Å². The van der Waals surface area contributed by atoms with Crippen molar-refractivity contribution in [2.24, 2.45) is 0 Å². The van der Waals surface area contributed by atoms with E-state index in [1.807, 2.05) is 0 Å². The van der Waals surface area contributed by atoms with Crippen molar-refractivity contribution in [1.29, 1.82) is 0 Å². The first kappa shape index (κ1) is 21.1. The van der Waals surface area contributed by atoms with Crippen molar-refractivity contribution in [2.45, 2.75) is 12.4 Å². The number of hydrogen-bond donors (Lipinski definition) is 1. The Kier molecular flexibility index (Phi) is 5.35. The van der Waals surface area contributed by atoms with E-state index < -0.39 is 34.8 Å². The third kappa shape index (κ3) is 4.38. The van der Waals surface area contributed by atoms with E-state index in [0.717, 1.165) is 0 Å². The molecule has 2 N–H and O–H groups in total. The molecule has 0 fully saturated rings. The van der Waals surface area contributed by atoms with Crippen molar-refractivity contribution in [3.63, 3.8) is 0 Å². The highest BCUT2D eigenvalue weighted by molar-refractivity contribution is 7.18. The molecule has 0 radical (unpaired) electrons. The van der Waals surface area contributed by atoms with Gasteiger partial charge in [0.25, 0.3) is 0 Å². The van der Waals surface area contributed by atoms with Gasteiger partial charge in [-0.1, -0.05) is 35.1 Å². The molecule has 0 aliphatic heterocycles. The second-order valence-electron chi connectivity index (χ2n) is 5.83. The minimum absolute atomic E-state index is 0.00517. The number of halogens is 7. The summed E-state index contributed by atoms with van der Waals surface area (Å²) in [6.07, 6.45) is -10.1. The van der Waals surface area contributed by atoms with Crippen LogP contribution in [0.1, 0.15) is 26.4 Å². The molecule has 0 bridgehead atoms. The molecular formula is C18H9ClF6N2OS. The SMILES string of the molecule is Nc1nc(-c2cc(C(F)(F)F)cc(C(F)(F)F)c2)c(C(=O)c2ccccc2Cl)s1. The number of rotatable bonds is 3. The fourth-order valence-electron chi connectivity index (χ4n) is 2.55. The van der Waals surface area contributed by atoms with Crippen LogP contribution in [0.5, 0.6) is 0 Å². The third-order valence-electron chi connectivity index (χ3n) is 3.83. The number of hydrogen-bond acceptors (Lipinski definition) is 4. The van der Waals surface area contributed by atoms with Crippen molar-refractivity contribution in [2.75, 3.05) is 5.73 Å². The molecule has 152 valence electrons. The van der Waals surface area contributed by atoms with Crippen LogP contribution in [0.2, 0.25) is 5.02 Å². The average molecular weight is 451 g/mol. The van der Waals surface area contributed by atoms with Crippen molar-refractivity contribution in [1.82, 2.24) is 4.98 Å². The topological polar surface area (TPSA) is 56.0 Å². The molecule has 3 aromatic rings. The number of carbonyl (C=O) groups is 1. The van der Waals surface area contributed by atoms with Gasteiger partial charge in [0, 0.05) is 11.1 Å². The Labute approximate surface area is 168 Å². The smallest absolute Gasteiger partial charge is 0.375 e. The molecule has 2 aromatic carbocycles. The van der Waals surface area contributed by atoms with E-state index in [9.17, 15) is 31.1 Å². The van der Waals surface area contributed by atoms with E-state index in [1.54, 1.807) is 6.07 Å². The summed E-state index contributed by atoms with van der Waals surface area (Å²) in [6, 6.07) is 6.84. The van der Waals surface area contributed by atoms with Crippen molar-refractivity contribution < 1.29 is 31.1 Å². The Balaban J connectivity index is 2.22. The van der Waals surface area contributed by atoms with Gasteiger partial charge in [0.1, 0.15) is 4.88 Å². The molecule has 1 aromatic heterocycles. The molecule has 0 unspecified atom stereocenters. The van der Waals surface area contributed by atoms with Crippen molar-refractivity contribution >= 4 is 33.9 Å². The van der Waals surface area contributed by atoms with E-state index >= 15 is 0 Å². The first-order valence-electron chi connectivity index (χ1n) is 7.73. The lowest BCUT2D eigenvalue weighted by atomic mass is 10.00. The summed E-state index contributed by atoms with van der Waals surface area (Å²) >= 11 is 6.62. The average Bonchev–Trinajstić information content (AvgIpc) is 3.01. The maximum absolute atomic E-state index is 13.1. The van der Waals surface area contributed by atoms with Gasteiger partial charge in [-0.25, -0.2) is 4.98 Å². The molecule has 0 atom stereocenters. The largest absolute Gasteiger partial charge is 0.416 e. The Morgan fingerprint density at radius 1 is 0.966 bits per heavy atom. The van der Waals surface area contributed by atoms with Crippen LogP contribution in [0.4, 0.5) is 31.5 Å². The van der Waals surface area contributed by atoms with Crippen LogP contribution < -0.4 is 5.73 Å². The summed E-state index contributed by atoms with van der Waals surface area (Å²) in [7, 11) is 0. The summed E-state index contributed by atoms with van der Waals surface area (Å²) < 4.78 is 78.8. The number of nitrogen functional groups attached to an aromatic ring is 1. The Morgan fingerprint density at radius 3 is 2.03 bits per heavy atom. The van der Waals surface area contributed by atoms with Crippen LogP contribution in [0.3, 0.4) is 0 Å². The molecule has 0 saturated carbocycles. The van der Waals surface area contributed by atoms with E-state index in [4.69, 9.17) is 17.3 Å². The van der Waals surface area contributed by atoms with Crippen LogP contribution in [-0.4, -0.2) is 10.8 Å². The van der Waals surface area contributed by atoms with Crippen LogP contribution in [-0.2, 0) is 12.4 Å². The number of carbonyl (C=O) groups excluding carboxylic acids is 1. The molecule has 0 aliphatic carbocycles. The number of alkyl halides is 6. The molecule has 1 heterocycles. The highest BCUT2D eigenvalue weighted by Crippen LogP contribution is 2.40. The zero-order valence-electron chi connectivity index (χ0n) is 14.0. The monoisotopic (exact) mass is 450 g/mol. The molecular weight excluding hydrogens is 442 g/mol.